The fourth-order valence-corrected chi connectivity index (χ4v) is 6.74. The third-order valence-corrected chi connectivity index (χ3v) is 9.41. The fraction of sp³-hybridized carbons (Fsp3) is 0.708. The van der Waals surface area contributed by atoms with Gasteiger partial charge in [-0.2, -0.15) is 0 Å². The number of imide groups is 1. The van der Waals surface area contributed by atoms with Gasteiger partial charge in [0.25, 0.3) is 0 Å². The SMILES string of the molecule is COc1c(NC2CCC(=O)NC2=O)cnc(N2CCN(CCCS(=O)(=O)N3CCC(N)CC3)CC2)c1C. The lowest BCUT2D eigenvalue weighted by atomic mass is 10.1. The highest BCUT2D eigenvalue weighted by atomic mass is 32.2. The molecule has 0 bridgehead atoms. The third kappa shape index (κ3) is 6.70. The molecule has 3 aliphatic heterocycles. The smallest absolute Gasteiger partial charge is 0.249 e. The summed E-state index contributed by atoms with van der Waals surface area (Å²) < 4.78 is 32.6. The number of carbonyl (C=O) groups excluding carboxylic acids is 2. The molecule has 0 saturated carbocycles. The molecule has 4 heterocycles. The minimum atomic E-state index is -3.23. The van der Waals surface area contributed by atoms with Gasteiger partial charge in [0.15, 0.2) is 0 Å². The molecule has 3 fully saturated rings. The zero-order valence-electron chi connectivity index (χ0n) is 21.7. The second-order valence-corrected chi connectivity index (χ2v) is 12.1. The predicted molar refractivity (Wildman–Crippen MR) is 141 cm³/mol. The summed E-state index contributed by atoms with van der Waals surface area (Å²) in [6, 6.07) is -0.405. The van der Waals surface area contributed by atoms with Crippen LogP contribution in [0.15, 0.2) is 6.20 Å². The number of pyridine rings is 1. The third-order valence-electron chi connectivity index (χ3n) is 7.45. The number of nitrogens with two attached hydrogens (primary N) is 1. The van der Waals surface area contributed by atoms with Crippen LogP contribution in [0.1, 0.15) is 37.7 Å². The Bertz CT molecular complexity index is 1080. The number of aromatic nitrogens is 1. The van der Waals surface area contributed by atoms with Crippen molar-refractivity contribution in [3.63, 3.8) is 0 Å². The predicted octanol–water partition coefficient (Wildman–Crippen LogP) is -0.119. The van der Waals surface area contributed by atoms with E-state index in [0.717, 1.165) is 56.9 Å². The van der Waals surface area contributed by atoms with Crippen molar-refractivity contribution < 1.29 is 22.7 Å². The van der Waals surface area contributed by atoms with Crippen LogP contribution in [0.4, 0.5) is 11.5 Å². The van der Waals surface area contributed by atoms with Gasteiger partial charge in [0.2, 0.25) is 21.8 Å². The number of carbonyl (C=O) groups is 2. The van der Waals surface area contributed by atoms with Crippen molar-refractivity contribution >= 4 is 33.3 Å². The molecule has 0 radical (unpaired) electrons. The summed E-state index contributed by atoms with van der Waals surface area (Å²) in [5, 5.41) is 5.53. The number of hydrogen-bond acceptors (Lipinski definition) is 10. The molecule has 1 aromatic heterocycles. The fourth-order valence-electron chi connectivity index (χ4n) is 5.23. The molecule has 1 atom stereocenters. The summed E-state index contributed by atoms with van der Waals surface area (Å²) >= 11 is 0. The first kappa shape index (κ1) is 27.6. The maximum absolute atomic E-state index is 12.7. The van der Waals surface area contributed by atoms with Gasteiger partial charge in [0, 0.05) is 57.3 Å². The molecule has 0 spiro atoms. The summed E-state index contributed by atoms with van der Waals surface area (Å²) in [5.41, 5.74) is 7.39. The van der Waals surface area contributed by atoms with E-state index >= 15 is 0 Å². The Morgan fingerprint density at radius 2 is 1.84 bits per heavy atom. The number of anilines is 2. The first-order valence-electron chi connectivity index (χ1n) is 13.0. The zero-order valence-corrected chi connectivity index (χ0v) is 22.6. The van der Waals surface area contributed by atoms with Crippen LogP contribution in [-0.2, 0) is 19.6 Å². The number of amides is 2. The Hall–Kier alpha value is -2.48. The quantitative estimate of drug-likeness (QED) is 0.364. The highest BCUT2D eigenvalue weighted by Gasteiger charge is 2.29. The zero-order chi connectivity index (χ0) is 26.6. The largest absolute Gasteiger partial charge is 0.494 e. The Morgan fingerprint density at radius 1 is 1.14 bits per heavy atom. The van der Waals surface area contributed by atoms with Crippen molar-refractivity contribution in [2.75, 3.05) is 68.9 Å². The van der Waals surface area contributed by atoms with Crippen molar-refractivity contribution in [1.29, 1.82) is 0 Å². The van der Waals surface area contributed by atoms with Crippen LogP contribution >= 0.6 is 0 Å². The summed E-state index contributed by atoms with van der Waals surface area (Å²) in [6.07, 6.45) is 4.45. The highest BCUT2D eigenvalue weighted by molar-refractivity contribution is 7.89. The number of piperidine rings is 2. The molecule has 12 nitrogen and oxygen atoms in total. The number of methoxy groups -OCH3 is 1. The maximum atomic E-state index is 12.7. The van der Waals surface area contributed by atoms with Crippen LogP contribution in [0.2, 0.25) is 0 Å². The number of ether oxygens (including phenoxy) is 1. The van der Waals surface area contributed by atoms with Gasteiger partial charge >= 0.3 is 0 Å². The first-order chi connectivity index (χ1) is 17.7. The molecular formula is C24H39N7O5S. The normalized spacial score (nSPS) is 22.7. The molecule has 13 heteroatoms. The Morgan fingerprint density at radius 3 is 2.49 bits per heavy atom. The van der Waals surface area contributed by atoms with Crippen molar-refractivity contribution in [1.82, 2.24) is 19.5 Å². The van der Waals surface area contributed by atoms with Crippen molar-refractivity contribution in [3.8, 4) is 5.75 Å². The topological polar surface area (TPSA) is 150 Å². The summed E-state index contributed by atoms with van der Waals surface area (Å²) in [5.74, 6) is 1.02. The van der Waals surface area contributed by atoms with E-state index in [9.17, 15) is 18.0 Å². The summed E-state index contributed by atoms with van der Waals surface area (Å²) in [7, 11) is -1.64. The van der Waals surface area contributed by atoms with Gasteiger partial charge in [-0.15, -0.1) is 0 Å². The van der Waals surface area contributed by atoms with Gasteiger partial charge in [0.05, 0.1) is 24.7 Å². The van der Waals surface area contributed by atoms with Crippen LogP contribution in [0.5, 0.6) is 5.75 Å². The van der Waals surface area contributed by atoms with Crippen molar-refractivity contribution in [2.45, 2.75) is 51.1 Å². The molecule has 4 N–H and O–H groups in total. The van der Waals surface area contributed by atoms with E-state index in [0.29, 0.717) is 43.8 Å². The van der Waals surface area contributed by atoms with Gasteiger partial charge in [0.1, 0.15) is 17.6 Å². The number of nitrogens with zero attached hydrogens (tertiary/aromatic N) is 4. The molecule has 2 amide bonds. The Balaban J connectivity index is 1.28. The molecule has 206 valence electrons. The molecule has 0 aromatic carbocycles. The molecule has 3 saturated heterocycles. The monoisotopic (exact) mass is 537 g/mol. The number of rotatable bonds is 9. The summed E-state index contributed by atoms with van der Waals surface area (Å²) in [4.78, 5) is 32.7. The van der Waals surface area contributed by atoms with Crippen LogP contribution in [0.3, 0.4) is 0 Å². The van der Waals surface area contributed by atoms with E-state index in [-0.39, 0.29) is 23.6 Å². The van der Waals surface area contributed by atoms with Gasteiger partial charge in [-0.25, -0.2) is 17.7 Å². The number of hydrogen-bond donors (Lipinski definition) is 3. The Labute approximate surface area is 218 Å². The average Bonchev–Trinajstić information content (AvgIpc) is 2.87. The van der Waals surface area contributed by atoms with E-state index in [1.165, 1.54) is 0 Å². The number of nitrogens with one attached hydrogen (secondary N) is 2. The molecule has 0 aliphatic carbocycles. The molecule has 37 heavy (non-hydrogen) atoms. The van der Waals surface area contributed by atoms with Crippen LogP contribution in [0.25, 0.3) is 0 Å². The number of sulfonamides is 1. The lowest BCUT2D eigenvalue weighted by Crippen LogP contribution is -2.48. The van der Waals surface area contributed by atoms with E-state index in [4.69, 9.17) is 10.5 Å². The second-order valence-electron chi connectivity index (χ2n) is 10.0. The Kier molecular flexibility index (Phi) is 8.88. The molecule has 1 aromatic rings. The van der Waals surface area contributed by atoms with E-state index in [1.807, 2.05) is 6.92 Å². The second kappa shape index (κ2) is 11.9. The molecule has 1 unspecified atom stereocenters. The lowest BCUT2D eigenvalue weighted by molar-refractivity contribution is -0.133. The van der Waals surface area contributed by atoms with Gasteiger partial charge in [-0.1, -0.05) is 0 Å². The lowest BCUT2D eigenvalue weighted by Gasteiger charge is -2.36. The maximum Gasteiger partial charge on any atom is 0.249 e. The average molecular weight is 538 g/mol. The van der Waals surface area contributed by atoms with E-state index in [2.05, 4.69) is 25.4 Å². The highest BCUT2D eigenvalue weighted by Crippen LogP contribution is 2.34. The molecule has 4 rings (SSSR count). The standard InChI is InChI=1S/C24H39N7O5S/c1-17-22(36-2)20(27-19-4-5-21(32)28-24(19)33)16-26-23(17)30-13-11-29(12-14-30)8-3-15-37(34,35)31-9-6-18(25)7-10-31/h16,18-19,27H,3-15,25H2,1-2H3,(H,28,32,33). The van der Waals surface area contributed by atoms with Crippen molar-refractivity contribution in [2.24, 2.45) is 5.73 Å². The van der Waals surface area contributed by atoms with Gasteiger partial charge in [-0.3, -0.25) is 19.8 Å². The van der Waals surface area contributed by atoms with Gasteiger partial charge in [-0.05, 0) is 39.2 Å². The number of piperazine rings is 1. The minimum absolute atomic E-state index is 0.110. The van der Waals surface area contributed by atoms with E-state index in [1.54, 1.807) is 17.6 Å². The summed E-state index contributed by atoms with van der Waals surface area (Å²) in [6.45, 7) is 6.92. The van der Waals surface area contributed by atoms with Crippen LogP contribution < -0.4 is 26.0 Å². The van der Waals surface area contributed by atoms with Gasteiger partial charge < -0.3 is 20.7 Å². The van der Waals surface area contributed by atoms with E-state index < -0.39 is 16.1 Å². The minimum Gasteiger partial charge on any atom is -0.494 e. The van der Waals surface area contributed by atoms with Crippen molar-refractivity contribution in [3.05, 3.63) is 11.8 Å². The molecule has 3 aliphatic rings. The van der Waals surface area contributed by atoms with Crippen LogP contribution in [0, 0.1) is 6.92 Å². The van der Waals surface area contributed by atoms with Crippen LogP contribution in [-0.4, -0.2) is 105 Å². The first-order valence-corrected chi connectivity index (χ1v) is 14.6. The molecular weight excluding hydrogens is 498 g/mol.